The van der Waals surface area contributed by atoms with Gasteiger partial charge < -0.3 is 15.5 Å². The van der Waals surface area contributed by atoms with Crippen molar-refractivity contribution in [2.45, 2.75) is 38.0 Å². The molecule has 1 aliphatic rings. The van der Waals surface area contributed by atoms with Gasteiger partial charge in [0.25, 0.3) is 0 Å². The van der Waals surface area contributed by atoms with Crippen LogP contribution in [0.5, 0.6) is 0 Å². The third kappa shape index (κ3) is 8.06. The molecule has 0 saturated carbocycles. The van der Waals surface area contributed by atoms with Gasteiger partial charge in [0.15, 0.2) is 5.96 Å². The van der Waals surface area contributed by atoms with Crippen LogP contribution in [0.4, 0.5) is 13.2 Å². The van der Waals surface area contributed by atoms with Gasteiger partial charge in [0, 0.05) is 31.7 Å². The normalized spacial score (nSPS) is 19.8. The van der Waals surface area contributed by atoms with Gasteiger partial charge in [-0.3, -0.25) is 9.89 Å². The highest BCUT2D eigenvalue weighted by atomic mass is 19.4. The first-order valence-corrected chi connectivity index (χ1v) is 9.81. The van der Waals surface area contributed by atoms with Crippen LogP contribution < -0.4 is 10.6 Å². The summed E-state index contributed by atoms with van der Waals surface area (Å²) < 4.78 is 37.7. The quantitative estimate of drug-likeness (QED) is 0.520. The summed E-state index contributed by atoms with van der Waals surface area (Å²) in [5, 5.41) is 6.51. The van der Waals surface area contributed by atoms with Crippen LogP contribution in [-0.4, -0.2) is 80.8 Å². The second-order valence-corrected chi connectivity index (χ2v) is 7.51. The zero-order valence-electron chi connectivity index (χ0n) is 17.0. The maximum atomic E-state index is 12.6. The van der Waals surface area contributed by atoms with E-state index >= 15 is 0 Å². The molecule has 2 N–H and O–H groups in total. The molecule has 0 amide bonds. The summed E-state index contributed by atoms with van der Waals surface area (Å²) in [6.07, 6.45) is -2.58. The first kappa shape index (κ1) is 22.5. The van der Waals surface area contributed by atoms with Crippen molar-refractivity contribution >= 4 is 5.96 Å². The Labute approximate surface area is 166 Å². The molecule has 1 fully saturated rings. The van der Waals surface area contributed by atoms with E-state index in [1.54, 1.807) is 0 Å². The fourth-order valence-electron chi connectivity index (χ4n) is 3.35. The summed E-state index contributed by atoms with van der Waals surface area (Å²) >= 11 is 0. The van der Waals surface area contributed by atoms with Crippen molar-refractivity contribution in [3.63, 3.8) is 0 Å². The Kier molecular flexibility index (Phi) is 8.57. The van der Waals surface area contributed by atoms with Crippen molar-refractivity contribution in [1.29, 1.82) is 0 Å². The summed E-state index contributed by atoms with van der Waals surface area (Å²) in [7, 11) is 4.07. The van der Waals surface area contributed by atoms with Crippen LogP contribution >= 0.6 is 0 Å². The standard InChI is InChI=1S/C20H32F3N5/c1-4-24-19(26-17-10-11-28(14-17)15-20(21,22)23)25-13-18(27(2)3)12-16-8-6-5-7-9-16/h5-9,17-18H,4,10-15H2,1-3H3,(H2,24,25,26). The molecule has 0 radical (unpaired) electrons. The summed E-state index contributed by atoms with van der Waals surface area (Å²) in [5.74, 6) is 0.668. The van der Waals surface area contributed by atoms with Crippen LogP contribution in [0.15, 0.2) is 35.3 Å². The summed E-state index contributed by atoms with van der Waals surface area (Å²) in [5.41, 5.74) is 1.26. The number of likely N-dealkylation sites (N-methyl/N-ethyl adjacent to an activating group) is 1. The predicted molar refractivity (Wildman–Crippen MR) is 108 cm³/mol. The maximum absolute atomic E-state index is 12.6. The van der Waals surface area contributed by atoms with Crippen molar-refractivity contribution in [2.75, 3.05) is 46.8 Å². The molecule has 1 aromatic carbocycles. The van der Waals surface area contributed by atoms with E-state index in [1.807, 2.05) is 39.2 Å². The first-order valence-electron chi connectivity index (χ1n) is 9.81. The highest BCUT2D eigenvalue weighted by Crippen LogP contribution is 2.19. The molecule has 1 saturated heterocycles. The lowest BCUT2D eigenvalue weighted by Crippen LogP contribution is -2.46. The SMILES string of the molecule is CCNC(=NCC(Cc1ccccc1)N(C)C)NC1CCN(CC(F)(F)F)C1. The molecule has 28 heavy (non-hydrogen) atoms. The van der Waals surface area contributed by atoms with Crippen molar-refractivity contribution in [1.82, 2.24) is 20.4 Å². The van der Waals surface area contributed by atoms with Gasteiger partial charge in [0.2, 0.25) is 0 Å². The number of likely N-dealkylation sites (tertiary alicyclic amines) is 1. The molecular weight excluding hydrogens is 367 g/mol. The zero-order valence-corrected chi connectivity index (χ0v) is 17.0. The largest absolute Gasteiger partial charge is 0.401 e. The van der Waals surface area contributed by atoms with Gasteiger partial charge >= 0.3 is 6.18 Å². The Morgan fingerprint density at radius 3 is 2.61 bits per heavy atom. The van der Waals surface area contributed by atoms with E-state index < -0.39 is 12.7 Å². The van der Waals surface area contributed by atoms with Gasteiger partial charge in [-0.15, -0.1) is 0 Å². The minimum Gasteiger partial charge on any atom is -0.357 e. The number of hydrogen-bond donors (Lipinski definition) is 2. The lowest BCUT2D eigenvalue weighted by atomic mass is 10.1. The Morgan fingerprint density at radius 1 is 1.29 bits per heavy atom. The summed E-state index contributed by atoms with van der Waals surface area (Å²) in [6.45, 7) is 3.27. The maximum Gasteiger partial charge on any atom is 0.401 e. The molecule has 2 unspecified atom stereocenters. The Bertz CT molecular complexity index is 604. The van der Waals surface area contributed by atoms with Gasteiger partial charge in [-0.2, -0.15) is 13.2 Å². The molecule has 8 heteroatoms. The average Bonchev–Trinajstić information content (AvgIpc) is 3.04. The lowest BCUT2D eigenvalue weighted by molar-refractivity contribution is -0.143. The summed E-state index contributed by atoms with van der Waals surface area (Å²) in [4.78, 5) is 8.30. The Hall–Kier alpha value is -1.80. The Balaban J connectivity index is 1.93. The van der Waals surface area contributed by atoms with Crippen molar-refractivity contribution < 1.29 is 13.2 Å². The number of halogens is 3. The highest BCUT2D eigenvalue weighted by molar-refractivity contribution is 5.80. The number of guanidine groups is 1. The topological polar surface area (TPSA) is 42.9 Å². The molecule has 2 rings (SSSR count). The van der Waals surface area contributed by atoms with E-state index in [9.17, 15) is 13.2 Å². The van der Waals surface area contributed by atoms with E-state index in [1.165, 1.54) is 10.5 Å². The molecule has 0 aliphatic carbocycles. The monoisotopic (exact) mass is 399 g/mol. The van der Waals surface area contributed by atoms with Gasteiger partial charge in [-0.05, 0) is 39.4 Å². The molecule has 5 nitrogen and oxygen atoms in total. The van der Waals surface area contributed by atoms with Crippen LogP contribution in [0.2, 0.25) is 0 Å². The lowest BCUT2D eigenvalue weighted by Gasteiger charge is -2.24. The fourth-order valence-corrected chi connectivity index (χ4v) is 3.35. The van der Waals surface area contributed by atoms with Crippen LogP contribution in [0, 0.1) is 0 Å². The van der Waals surface area contributed by atoms with Gasteiger partial charge in [0.05, 0.1) is 13.1 Å². The van der Waals surface area contributed by atoms with Gasteiger partial charge in [0.1, 0.15) is 0 Å². The molecule has 1 aliphatic heterocycles. The number of nitrogens with zero attached hydrogens (tertiary/aromatic N) is 3. The number of nitrogens with one attached hydrogen (secondary N) is 2. The summed E-state index contributed by atoms with van der Waals surface area (Å²) in [6, 6.07) is 10.5. The fraction of sp³-hybridized carbons (Fsp3) is 0.650. The van der Waals surface area contributed by atoms with Crippen molar-refractivity contribution in [3.05, 3.63) is 35.9 Å². The van der Waals surface area contributed by atoms with E-state index in [4.69, 9.17) is 4.99 Å². The zero-order chi connectivity index (χ0) is 20.6. The number of aliphatic imine (C=N–C) groups is 1. The number of alkyl halides is 3. The molecule has 158 valence electrons. The Morgan fingerprint density at radius 2 is 2.00 bits per heavy atom. The number of benzene rings is 1. The highest BCUT2D eigenvalue weighted by Gasteiger charge is 2.34. The smallest absolute Gasteiger partial charge is 0.357 e. The van der Waals surface area contributed by atoms with E-state index in [-0.39, 0.29) is 12.1 Å². The predicted octanol–water partition coefficient (Wildman–Crippen LogP) is 2.35. The molecule has 0 aromatic heterocycles. The molecular formula is C20H32F3N5. The third-order valence-corrected chi connectivity index (χ3v) is 4.86. The van der Waals surface area contributed by atoms with Crippen LogP contribution in [0.1, 0.15) is 18.9 Å². The van der Waals surface area contributed by atoms with E-state index in [0.29, 0.717) is 38.6 Å². The first-order chi connectivity index (χ1) is 13.3. The molecule has 2 atom stereocenters. The molecule has 0 bridgehead atoms. The van der Waals surface area contributed by atoms with Crippen LogP contribution in [0.25, 0.3) is 0 Å². The van der Waals surface area contributed by atoms with Crippen molar-refractivity contribution in [2.24, 2.45) is 4.99 Å². The van der Waals surface area contributed by atoms with Crippen LogP contribution in [0.3, 0.4) is 0 Å². The molecule has 1 aromatic rings. The minimum atomic E-state index is -4.15. The van der Waals surface area contributed by atoms with E-state index in [2.05, 4.69) is 27.7 Å². The average molecular weight is 400 g/mol. The second-order valence-electron chi connectivity index (χ2n) is 7.51. The van der Waals surface area contributed by atoms with E-state index in [0.717, 1.165) is 6.42 Å². The van der Waals surface area contributed by atoms with Gasteiger partial charge in [-0.1, -0.05) is 30.3 Å². The molecule has 1 heterocycles. The minimum absolute atomic E-state index is 0.0212. The molecule has 0 spiro atoms. The van der Waals surface area contributed by atoms with Gasteiger partial charge in [-0.25, -0.2) is 0 Å². The third-order valence-electron chi connectivity index (χ3n) is 4.86. The van der Waals surface area contributed by atoms with Crippen LogP contribution in [-0.2, 0) is 6.42 Å². The second kappa shape index (κ2) is 10.7. The number of hydrogen-bond acceptors (Lipinski definition) is 3. The van der Waals surface area contributed by atoms with Crippen molar-refractivity contribution in [3.8, 4) is 0 Å². The number of rotatable bonds is 8.